The number of hydrogen-bond acceptors (Lipinski definition) is 2. The first-order valence-corrected chi connectivity index (χ1v) is 7.01. The van der Waals surface area contributed by atoms with Crippen LogP contribution >= 0.6 is 0 Å². The summed E-state index contributed by atoms with van der Waals surface area (Å²) in [6.07, 6.45) is 1.30. The Labute approximate surface area is 116 Å². The molecule has 0 aliphatic rings. The summed E-state index contributed by atoms with van der Waals surface area (Å²) in [5.41, 5.74) is 8.94. The Morgan fingerprint density at radius 1 is 1.32 bits per heavy atom. The van der Waals surface area contributed by atoms with Gasteiger partial charge in [-0.15, -0.1) is 0 Å². The maximum atomic E-state index is 12.3. The Kier molecular flexibility index (Phi) is 5.12. The van der Waals surface area contributed by atoms with Crippen LogP contribution in [-0.4, -0.2) is 11.4 Å². The van der Waals surface area contributed by atoms with Gasteiger partial charge in [0, 0.05) is 0 Å². The normalized spacial score (nSPS) is 13.2. The molecule has 106 valence electrons. The molecule has 3 nitrogen and oxygen atoms in total. The molecule has 1 atom stereocenters. The van der Waals surface area contributed by atoms with Gasteiger partial charge >= 0.3 is 0 Å². The number of carbonyl (C=O) groups excluding carboxylic acids is 1. The van der Waals surface area contributed by atoms with Crippen LogP contribution in [0.1, 0.15) is 56.3 Å². The second-order valence-corrected chi connectivity index (χ2v) is 5.42. The summed E-state index contributed by atoms with van der Waals surface area (Å²) in [6.45, 7) is 10.0. The zero-order valence-corrected chi connectivity index (χ0v) is 12.7. The minimum atomic E-state index is -0.757. The maximum Gasteiger partial charge on any atom is 0.240 e. The van der Waals surface area contributed by atoms with Crippen molar-refractivity contribution in [1.29, 1.82) is 0 Å². The molecule has 0 bridgehead atoms. The monoisotopic (exact) mass is 262 g/mol. The van der Waals surface area contributed by atoms with Crippen molar-refractivity contribution >= 4 is 5.91 Å². The highest BCUT2D eigenvalue weighted by molar-refractivity contribution is 5.86. The number of rotatable bonds is 5. The average molecular weight is 262 g/mol. The van der Waals surface area contributed by atoms with Crippen molar-refractivity contribution in [3.8, 4) is 0 Å². The SMILES string of the molecule is CCC(N)(CC)C(=O)NC(C)c1ccc(C)cc1C. The molecule has 0 spiro atoms. The minimum absolute atomic E-state index is 0.0193. The molecule has 1 amide bonds. The number of carbonyl (C=O) groups is 1. The number of nitrogens with two attached hydrogens (primary N) is 1. The summed E-state index contributed by atoms with van der Waals surface area (Å²) in [7, 11) is 0. The molecule has 1 aromatic carbocycles. The van der Waals surface area contributed by atoms with Crippen LogP contribution in [-0.2, 0) is 4.79 Å². The first-order valence-electron chi connectivity index (χ1n) is 7.01. The van der Waals surface area contributed by atoms with Gasteiger partial charge in [0.05, 0.1) is 11.6 Å². The standard InChI is InChI=1S/C16H26N2O/c1-6-16(17,7-2)15(19)18-13(5)14-9-8-11(3)10-12(14)4/h8-10,13H,6-7,17H2,1-5H3,(H,18,19). The number of nitrogens with one attached hydrogen (secondary N) is 1. The predicted octanol–water partition coefficient (Wildman–Crippen LogP) is 3.00. The van der Waals surface area contributed by atoms with Crippen LogP contribution in [0.3, 0.4) is 0 Å². The zero-order valence-electron chi connectivity index (χ0n) is 12.7. The van der Waals surface area contributed by atoms with Crippen LogP contribution in [0, 0.1) is 13.8 Å². The van der Waals surface area contributed by atoms with Crippen molar-refractivity contribution in [3.63, 3.8) is 0 Å². The molecule has 3 heteroatoms. The van der Waals surface area contributed by atoms with E-state index in [0.717, 1.165) is 5.56 Å². The molecule has 1 rings (SSSR count). The van der Waals surface area contributed by atoms with E-state index in [1.165, 1.54) is 11.1 Å². The predicted molar refractivity (Wildman–Crippen MR) is 80.0 cm³/mol. The molecule has 19 heavy (non-hydrogen) atoms. The second-order valence-electron chi connectivity index (χ2n) is 5.42. The van der Waals surface area contributed by atoms with Crippen LogP contribution in [0.25, 0.3) is 0 Å². The Hall–Kier alpha value is -1.35. The van der Waals surface area contributed by atoms with E-state index in [9.17, 15) is 4.79 Å². The van der Waals surface area contributed by atoms with E-state index < -0.39 is 5.54 Å². The fourth-order valence-electron chi connectivity index (χ4n) is 2.30. The van der Waals surface area contributed by atoms with Crippen LogP contribution in [0.15, 0.2) is 18.2 Å². The van der Waals surface area contributed by atoms with Crippen molar-refractivity contribution in [2.45, 2.75) is 59.0 Å². The van der Waals surface area contributed by atoms with Crippen molar-refractivity contribution in [2.24, 2.45) is 5.73 Å². The van der Waals surface area contributed by atoms with E-state index in [4.69, 9.17) is 5.73 Å². The van der Waals surface area contributed by atoms with Crippen LogP contribution in [0.2, 0.25) is 0 Å². The quantitative estimate of drug-likeness (QED) is 0.857. The van der Waals surface area contributed by atoms with Crippen molar-refractivity contribution in [2.75, 3.05) is 0 Å². The third-order valence-corrected chi connectivity index (χ3v) is 3.95. The first kappa shape index (κ1) is 15.7. The maximum absolute atomic E-state index is 12.3. The lowest BCUT2D eigenvalue weighted by Gasteiger charge is -2.28. The van der Waals surface area contributed by atoms with E-state index in [0.29, 0.717) is 12.8 Å². The smallest absolute Gasteiger partial charge is 0.240 e. The lowest BCUT2D eigenvalue weighted by Crippen LogP contribution is -2.53. The fraction of sp³-hybridized carbons (Fsp3) is 0.562. The highest BCUT2D eigenvalue weighted by Gasteiger charge is 2.30. The molecule has 1 unspecified atom stereocenters. The van der Waals surface area contributed by atoms with Gasteiger partial charge in [0.2, 0.25) is 5.91 Å². The van der Waals surface area contributed by atoms with Gasteiger partial charge < -0.3 is 11.1 Å². The van der Waals surface area contributed by atoms with Gasteiger partial charge in [0.25, 0.3) is 0 Å². The van der Waals surface area contributed by atoms with Gasteiger partial charge in [-0.1, -0.05) is 37.6 Å². The first-order chi connectivity index (χ1) is 8.84. The zero-order chi connectivity index (χ0) is 14.6. The molecular weight excluding hydrogens is 236 g/mol. The Bertz CT molecular complexity index is 450. The van der Waals surface area contributed by atoms with Crippen molar-refractivity contribution < 1.29 is 4.79 Å². The Balaban J connectivity index is 2.85. The average Bonchev–Trinajstić information content (AvgIpc) is 2.37. The number of amides is 1. The fourth-order valence-corrected chi connectivity index (χ4v) is 2.30. The lowest BCUT2D eigenvalue weighted by atomic mass is 9.92. The summed E-state index contributed by atoms with van der Waals surface area (Å²) in [5.74, 6) is -0.0648. The van der Waals surface area contributed by atoms with Gasteiger partial charge in [-0.3, -0.25) is 4.79 Å². The summed E-state index contributed by atoms with van der Waals surface area (Å²) in [6, 6.07) is 6.26. The molecule has 0 aliphatic carbocycles. The largest absolute Gasteiger partial charge is 0.348 e. The third kappa shape index (κ3) is 3.57. The molecule has 3 N–H and O–H groups in total. The second kappa shape index (κ2) is 6.20. The van der Waals surface area contributed by atoms with E-state index in [-0.39, 0.29) is 11.9 Å². The van der Waals surface area contributed by atoms with Gasteiger partial charge in [0.1, 0.15) is 0 Å². The Morgan fingerprint density at radius 2 is 1.89 bits per heavy atom. The molecule has 0 saturated carbocycles. The van der Waals surface area contributed by atoms with Gasteiger partial charge in [-0.2, -0.15) is 0 Å². The molecule has 0 radical (unpaired) electrons. The molecule has 0 aliphatic heterocycles. The number of aryl methyl sites for hydroxylation is 2. The summed E-state index contributed by atoms with van der Waals surface area (Å²) in [4.78, 5) is 12.3. The van der Waals surface area contributed by atoms with Gasteiger partial charge in [-0.05, 0) is 44.7 Å². The number of benzene rings is 1. The Morgan fingerprint density at radius 3 is 2.37 bits per heavy atom. The minimum Gasteiger partial charge on any atom is -0.348 e. The summed E-state index contributed by atoms with van der Waals surface area (Å²) in [5, 5.41) is 3.03. The van der Waals surface area contributed by atoms with Crippen molar-refractivity contribution in [3.05, 3.63) is 34.9 Å². The highest BCUT2D eigenvalue weighted by Crippen LogP contribution is 2.20. The summed E-state index contributed by atoms with van der Waals surface area (Å²) >= 11 is 0. The summed E-state index contributed by atoms with van der Waals surface area (Å²) < 4.78 is 0. The molecule has 0 aromatic heterocycles. The lowest BCUT2D eigenvalue weighted by molar-refractivity contribution is -0.127. The van der Waals surface area contributed by atoms with Crippen molar-refractivity contribution in [1.82, 2.24) is 5.32 Å². The molecule has 1 aromatic rings. The van der Waals surface area contributed by atoms with Crippen LogP contribution in [0.5, 0.6) is 0 Å². The van der Waals surface area contributed by atoms with Gasteiger partial charge in [-0.25, -0.2) is 0 Å². The highest BCUT2D eigenvalue weighted by atomic mass is 16.2. The number of hydrogen-bond donors (Lipinski definition) is 2. The van der Waals surface area contributed by atoms with E-state index in [1.54, 1.807) is 0 Å². The molecular formula is C16H26N2O. The molecule has 0 heterocycles. The van der Waals surface area contributed by atoms with Gasteiger partial charge in [0.15, 0.2) is 0 Å². The molecule has 0 saturated heterocycles. The van der Waals surface area contributed by atoms with E-state index in [1.807, 2.05) is 20.8 Å². The van der Waals surface area contributed by atoms with Crippen LogP contribution < -0.4 is 11.1 Å². The topological polar surface area (TPSA) is 55.1 Å². The van der Waals surface area contributed by atoms with E-state index >= 15 is 0 Å². The molecule has 0 fully saturated rings. The van der Waals surface area contributed by atoms with Crippen LogP contribution in [0.4, 0.5) is 0 Å². The van der Waals surface area contributed by atoms with E-state index in [2.05, 4.69) is 37.4 Å². The third-order valence-electron chi connectivity index (χ3n) is 3.95.